The van der Waals surface area contributed by atoms with Gasteiger partial charge in [0.05, 0.1) is 22.7 Å². The Morgan fingerprint density at radius 2 is 1.92 bits per heavy atom. The molecule has 0 radical (unpaired) electrons. The number of hydrogen-bond donors (Lipinski definition) is 3. The van der Waals surface area contributed by atoms with Crippen molar-refractivity contribution in [3.63, 3.8) is 0 Å². The van der Waals surface area contributed by atoms with Crippen LogP contribution in [-0.4, -0.2) is 53.1 Å². The van der Waals surface area contributed by atoms with Crippen LogP contribution < -0.4 is 10.5 Å². The molecule has 38 heavy (non-hydrogen) atoms. The van der Waals surface area contributed by atoms with E-state index in [2.05, 4.69) is 26.6 Å². The summed E-state index contributed by atoms with van der Waals surface area (Å²) in [7, 11) is -2.30. The van der Waals surface area contributed by atoms with Crippen LogP contribution in [0.5, 0.6) is 0 Å². The lowest BCUT2D eigenvalue weighted by Crippen LogP contribution is -2.31. The molecule has 1 aliphatic rings. The van der Waals surface area contributed by atoms with Gasteiger partial charge in [0, 0.05) is 28.4 Å². The number of benzene rings is 2. The summed E-state index contributed by atoms with van der Waals surface area (Å²) in [5.41, 5.74) is 7.25. The molecule has 0 saturated carbocycles. The van der Waals surface area contributed by atoms with Crippen LogP contribution in [0.15, 0.2) is 47.8 Å². The molecule has 0 amide bonds. The SMILES string of the molecule is CN1CCC(n2cc(-c3cccc(NS(=O)(=O)c4cc(Cl)cc(CO)c4Cl)c3F)c3c(N)ncnc32)CC1. The molecule has 5 rings (SSSR count). The third-order valence-corrected chi connectivity index (χ3v) is 8.96. The molecular weight excluding hydrogens is 554 g/mol. The van der Waals surface area contributed by atoms with E-state index in [4.69, 9.17) is 28.9 Å². The lowest BCUT2D eigenvalue weighted by molar-refractivity contribution is 0.224. The summed E-state index contributed by atoms with van der Waals surface area (Å²) in [5.74, 6) is -0.605. The highest BCUT2D eigenvalue weighted by Crippen LogP contribution is 2.39. The maximum absolute atomic E-state index is 16.0. The van der Waals surface area contributed by atoms with E-state index in [0.29, 0.717) is 16.6 Å². The molecule has 1 aliphatic heterocycles. The van der Waals surface area contributed by atoms with Gasteiger partial charge in [-0.05, 0) is 56.7 Å². The first kappa shape index (κ1) is 26.6. The Balaban J connectivity index is 1.59. The Hall–Kier alpha value is -2.96. The maximum Gasteiger partial charge on any atom is 0.263 e. The Labute approximate surface area is 229 Å². The van der Waals surface area contributed by atoms with Crippen LogP contribution in [-0.2, 0) is 16.6 Å². The van der Waals surface area contributed by atoms with E-state index in [-0.39, 0.29) is 43.6 Å². The van der Waals surface area contributed by atoms with Crippen molar-refractivity contribution in [3.8, 4) is 11.1 Å². The number of likely N-dealkylation sites (tertiary alicyclic amines) is 1. The second kappa shape index (κ2) is 10.3. The van der Waals surface area contributed by atoms with Crippen LogP contribution in [0.25, 0.3) is 22.2 Å². The highest BCUT2D eigenvalue weighted by atomic mass is 35.5. The number of aromatic nitrogens is 3. The fourth-order valence-corrected chi connectivity index (χ4v) is 6.80. The molecule has 0 aliphatic carbocycles. The molecule has 3 heterocycles. The zero-order valence-corrected chi connectivity index (χ0v) is 22.7. The molecule has 1 fully saturated rings. The molecule has 0 spiro atoms. The Kier molecular flexibility index (Phi) is 7.23. The summed E-state index contributed by atoms with van der Waals surface area (Å²) in [6, 6.07) is 7.03. The quantitative estimate of drug-likeness (QED) is 0.303. The number of fused-ring (bicyclic) bond motifs is 1. The van der Waals surface area contributed by atoms with Crippen LogP contribution >= 0.6 is 23.2 Å². The van der Waals surface area contributed by atoms with Gasteiger partial charge in [-0.3, -0.25) is 4.72 Å². The van der Waals surface area contributed by atoms with Gasteiger partial charge in [0.15, 0.2) is 5.82 Å². The normalized spacial score (nSPS) is 15.3. The molecule has 200 valence electrons. The van der Waals surface area contributed by atoms with Gasteiger partial charge in [0.2, 0.25) is 0 Å². The molecule has 2 aromatic heterocycles. The number of anilines is 2. The number of hydrogen-bond acceptors (Lipinski definition) is 7. The van der Waals surface area contributed by atoms with Gasteiger partial charge >= 0.3 is 0 Å². The predicted octanol–water partition coefficient (Wildman–Crippen LogP) is 4.69. The Morgan fingerprint density at radius 1 is 1.18 bits per heavy atom. The third kappa shape index (κ3) is 4.80. The van der Waals surface area contributed by atoms with Gasteiger partial charge in [-0.25, -0.2) is 22.8 Å². The maximum atomic E-state index is 16.0. The molecule has 4 aromatic rings. The van der Waals surface area contributed by atoms with Gasteiger partial charge in [-0.2, -0.15) is 0 Å². The zero-order chi connectivity index (χ0) is 27.2. The number of piperidine rings is 1. The number of halogens is 3. The predicted molar refractivity (Wildman–Crippen MR) is 146 cm³/mol. The van der Waals surface area contributed by atoms with Crippen LogP contribution in [0.1, 0.15) is 24.4 Å². The van der Waals surface area contributed by atoms with E-state index < -0.39 is 22.4 Å². The number of nitrogens with two attached hydrogens (primary N) is 1. The fourth-order valence-electron chi connectivity index (χ4n) is 4.81. The summed E-state index contributed by atoms with van der Waals surface area (Å²) in [4.78, 5) is 10.4. The van der Waals surface area contributed by atoms with Gasteiger partial charge in [0.25, 0.3) is 10.0 Å². The summed E-state index contributed by atoms with van der Waals surface area (Å²) in [6.45, 7) is 1.31. The molecule has 0 atom stereocenters. The number of nitrogens with zero attached hydrogens (tertiary/aromatic N) is 4. The lowest BCUT2D eigenvalue weighted by Gasteiger charge is -2.30. The van der Waals surface area contributed by atoms with E-state index in [1.54, 1.807) is 6.07 Å². The topological polar surface area (TPSA) is 126 Å². The molecule has 0 unspecified atom stereocenters. The van der Waals surface area contributed by atoms with Gasteiger partial charge in [-0.1, -0.05) is 35.3 Å². The fraction of sp³-hybridized carbons (Fsp3) is 0.280. The monoisotopic (exact) mass is 578 g/mol. The zero-order valence-electron chi connectivity index (χ0n) is 20.3. The molecule has 0 bridgehead atoms. The second-order valence-electron chi connectivity index (χ2n) is 9.25. The molecule has 13 heteroatoms. The van der Waals surface area contributed by atoms with E-state index >= 15 is 4.39 Å². The van der Waals surface area contributed by atoms with Crippen molar-refractivity contribution in [2.24, 2.45) is 0 Å². The third-order valence-electron chi connectivity index (χ3n) is 6.79. The second-order valence-corrected chi connectivity index (χ2v) is 11.7. The number of nitrogen functional groups attached to an aromatic ring is 1. The van der Waals surface area contributed by atoms with Crippen molar-refractivity contribution in [3.05, 3.63) is 64.3 Å². The minimum absolute atomic E-state index is 0.0604. The first-order chi connectivity index (χ1) is 18.1. The number of aliphatic hydroxyl groups excluding tert-OH is 1. The van der Waals surface area contributed by atoms with E-state index in [0.717, 1.165) is 32.0 Å². The van der Waals surface area contributed by atoms with E-state index in [9.17, 15) is 13.5 Å². The van der Waals surface area contributed by atoms with Gasteiger partial charge in [0.1, 0.15) is 22.7 Å². The largest absolute Gasteiger partial charge is 0.392 e. The average Bonchev–Trinajstić information content (AvgIpc) is 3.27. The van der Waals surface area contributed by atoms with Crippen LogP contribution in [0.4, 0.5) is 15.9 Å². The van der Waals surface area contributed by atoms with Crippen molar-refractivity contribution in [2.75, 3.05) is 30.6 Å². The summed E-state index contributed by atoms with van der Waals surface area (Å²) in [6.07, 6.45) is 4.97. The highest BCUT2D eigenvalue weighted by molar-refractivity contribution is 7.92. The standard InChI is InChI=1S/C25H25Cl2FN6O3S/c1-33-7-5-16(6-8-33)34-11-18(21-24(29)30-13-31-25(21)34)17-3-2-4-19(23(17)28)32-38(36,37)20-10-15(26)9-14(12-35)22(20)27/h2-4,9-11,13,16,32,35H,5-8,12H2,1H3,(H2,29,30,31). The Morgan fingerprint density at radius 3 is 2.63 bits per heavy atom. The van der Waals surface area contributed by atoms with Crippen molar-refractivity contribution in [1.29, 1.82) is 0 Å². The van der Waals surface area contributed by atoms with E-state index in [1.165, 1.54) is 24.5 Å². The molecule has 1 saturated heterocycles. The summed E-state index contributed by atoms with van der Waals surface area (Å²) < 4.78 is 46.6. The number of aliphatic hydroxyl groups is 1. The molecule has 4 N–H and O–H groups in total. The highest BCUT2D eigenvalue weighted by Gasteiger charge is 2.27. The minimum atomic E-state index is -4.37. The van der Waals surface area contributed by atoms with Crippen LogP contribution in [0.3, 0.4) is 0 Å². The van der Waals surface area contributed by atoms with Crippen LogP contribution in [0, 0.1) is 5.82 Å². The van der Waals surface area contributed by atoms with Gasteiger partial charge < -0.3 is 20.3 Å². The van der Waals surface area contributed by atoms with E-state index in [1.807, 2.05) is 10.8 Å². The number of rotatable bonds is 6. The molecule has 2 aromatic carbocycles. The van der Waals surface area contributed by atoms with Crippen molar-refractivity contribution < 1.29 is 17.9 Å². The average molecular weight is 579 g/mol. The van der Waals surface area contributed by atoms with Gasteiger partial charge in [-0.15, -0.1) is 0 Å². The first-order valence-corrected chi connectivity index (χ1v) is 14.0. The lowest BCUT2D eigenvalue weighted by atomic mass is 10.0. The smallest absolute Gasteiger partial charge is 0.263 e. The van der Waals surface area contributed by atoms with Crippen molar-refractivity contribution in [2.45, 2.75) is 30.4 Å². The molecule has 9 nitrogen and oxygen atoms in total. The minimum Gasteiger partial charge on any atom is -0.392 e. The Bertz CT molecular complexity index is 1640. The van der Waals surface area contributed by atoms with Crippen LogP contribution in [0.2, 0.25) is 10.0 Å². The number of nitrogens with one attached hydrogen (secondary N) is 1. The summed E-state index contributed by atoms with van der Waals surface area (Å²) >= 11 is 12.2. The molecular formula is C25H25Cl2FN6O3S. The number of sulfonamides is 1. The van der Waals surface area contributed by atoms with Crippen molar-refractivity contribution in [1.82, 2.24) is 19.4 Å². The summed E-state index contributed by atoms with van der Waals surface area (Å²) in [5, 5.41) is 9.86. The van der Waals surface area contributed by atoms with Crippen molar-refractivity contribution >= 4 is 55.8 Å². The first-order valence-electron chi connectivity index (χ1n) is 11.8.